The molecule has 0 aromatic carbocycles. The summed E-state index contributed by atoms with van der Waals surface area (Å²) < 4.78 is 28.2. The zero-order valence-corrected chi connectivity index (χ0v) is 48.3. The van der Waals surface area contributed by atoms with E-state index >= 15 is 0 Å². The minimum absolute atomic E-state index is 0.0739. The standard InChI is InChI=1S/C67H100O12/c1-4-7-10-13-16-19-22-25-27-29-30-32-33-36-38-41-44-47-50-53-59(68)75-56-58(77-60(69)54-51-48-45-42-40-37-34-31-28-26-23-20-17-14-11-8-5-2)57-76-67-65(63(72)62(71)64(79-67)66(73)74)78-61(70)55-52-49-46-43-39-35-24-21-18-15-12-9-6-3/h7-12,16-21,25-28,30,32,35-36,38-39,44,46-47,49,58,62-65,67,71-72H,4-6,13-15,22-24,29,31,33-34,37,40-43,45,48,50-57H2,1-3H3,(H,73,74)/b10-7-,11-8-,12-9-,19-16-,20-17-,21-18-,27-25-,28-26-,32-30-,38-36-,39-35-,47-44-,49-46-. The zero-order chi connectivity index (χ0) is 57.5. The minimum Gasteiger partial charge on any atom is -0.479 e. The summed E-state index contributed by atoms with van der Waals surface area (Å²) in [5.41, 5.74) is 0. The molecule has 1 aliphatic rings. The normalized spacial score (nSPS) is 19.0. The fourth-order valence-corrected chi connectivity index (χ4v) is 7.71. The molecule has 12 nitrogen and oxygen atoms in total. The smallest absolute Gasteiger partial charge is 0.335 e. The van der Waals surface area contributed by atoms with Gasteiger partial charge in [0, 0.05) is 19.3 Å². The fourth-order valence-electron chi connectivity index (χ4n) is 7.71. The van der Waals surface area contributed by atoms with Crippen molar-refractivity contribution in [3.8, 4) is 0 Å². The van der Waals surface area contributed by atoms with Crippen molar-refractivity contribution in [3.63, 3.8) is 0 Å². The average Bonchev–Trinajstić information content (AvgIpc) is 3.44. The molecule has 0 amide bonds. The number of aliphatic carboxylic acids is 1. The highest BCUT2D eigenvalue weighted by Gasteiger charge is 2.50. The number of hydrogen-bond acceptors (Lipinski definition) is 11. The summed E-state index contributed by atoms with van der Waals surface area (Å²) in [7, 11) is 0. The molecule has 0 saturated carbocycles. The maximum atomic E-state index is 13.2. The Kier molecular flexibility index (Phi) is 47.9. The van der Waals surface area contributed by atoms with E-state index in [0.29, 0.717) is 32.1 Å². The predicted molar refractivity (Wildman–Crippen MR) is 321 cm³/mol. The van der Waals surface area contributed by atoms with E-state index in [-0.39, 0.29) is 25.9 Å². The first-order valence-corrected chi connectivity index (χ1v) is 29.5. The lowest BCUT2D eigenvalue weighted by molar-refractivity contribution is -0.301. The second-order valence-corrected chi connectivity index (χ2v) is 19.1. The van der Waals surface area contributed by atoms with Crippen LogP contribution in [0, 0.1) is 0 Å². The van der Waals surface area contributed by atoms with Crippen molar-refractivity contribution >= 4 is 23.9 Å². The third-order valence-corrected chi connectivity index (χ3v) is 12.1. The first-order valence-electron chi connectivity index (χ1n) is 29.5. The van der Waals surface area contributed by atoms with Crippen LogP contribution in [0.2, 0.25) is 0 Å². The maximum absolute atomic E-state index is 13.2. The molecule has 1 fully saturated rings. The zero-order valence-electron chi connectivity index (χ0n) is 48.3. The van der Waals surface area contributed by atoms with Crippen molar-refractivity contribution in [1.29, 1.82) is 0 Å². The van der Waals surface area contributed by atoms with Crippen molar-refractivity contribution in [2.24, 2.45) is 0 Å². The largest absolute Gasteiger partial charge is 0.479 e. The average molecular weight is 1100 g/mol. The number of unbranched alkanes of at least 4 members (excludes halogenated alkanes) is 7. The molecule has 1 heterocycles. The molecule has 12 heteroatoms. The summed E-state index contributed by atoms with van der Waals surface area (Å²) in [6.45, 7) is 5.52. The minimum atomic E-state index is -1.95. The lowest BCUT2D eigenvalue weighted by Gasteiger charge is -2.40. The first-order chi connectivity index (χ1) is 38.6. The predicted octanol–water partition coefficient (Wildman–Crippen LogP) is 15.3. The molecular weight excluding hydrogens is 997 g/mol. The van der Waals surface area contributed by atoms with Gasteiger partial charge in [0.15, 0.2) is 24.6 Å². The van der Waals surface area contributed by atoms with Crippen LogP contribution in [0.3, 0.4) is 0 Å². The van der Waals surface area contributed by atoms with Gasteiger partial charge in [-0.2, -0.15) is 0 Å². The Morgan fingerprint density at radius 3 is 1.20 bits per heavy atom. The molecule has 0 radical (unpaired) electrons. The second kappa shape index (κ2) is 53.0. The van der Waals surface area contributed by atoms with Crippen LogP contribution in [0.5, 0.6) is 0 Å². The van der Waals surface area contributed by atoms with Gasteiger partial charge in [-0.15, -0.1) is 0 Å². The third kappa shape index (κ3) is 42.9. The fraction of sp³-hybridized carbons (Fsp3) is 0.552. The van der Waals surface area contributed by atoms with Crippen molar-refractivity contribution in [3.05, 3.63) is 158 Å². The van der Waals surface area contributed by atoms with Crippen molar-refractivity contribution < 1.29 is 58.2 Å². The Labute approximate surface area is 475 Å². The van der Waals surface area contributed by atoms with Gasteiger partial charge in [-0.3, -0.25) is 14.4 Å². The molecule has 6 unspecified atom stereocenters. The van der Waals surface area contributed by atoms with Gasteiger partial charge in [-0.1, -0.05) is 211 Å². The van der Waals surface area contributed by atoms with E-state index in [9.17, 15) is 34.5 Å². The summed E-state index contributed by atoms with van der Waals surface area (Å²) in [4.78, 5) is 51.1. The van der Waals surface area contributed by atoms with Crippen LogP contribution in [0.25, 0.3) is 0 Å². The van der Waals surface area contributed by atoms with Crippen LogP contribution >= 0.6 is 0 Å². The lowest BCUT2D eigenvalue weighted by atomic mass is 9.98. The molecule has 440 valence electrons. The summed E-state index contributed by atoms with van der Waals surface area (Å²) >= 11 is 0. The number of rotatable bonds is 47. The number of hydrogen-bond donors (Lipinski definition) is 3. The number of carboxylic acids is 1. The summed E-state index contributed by atoms with van der Waals surface area (Å²) in [5.74, 6) is -3.38. The Hall–Kier alpha value is -5.66. The highest BCUT2D eigenvalue weighted by molar-refractivity contribution is 5.74. The highest BCUT2D eigenvalue weighted by Crippen LogP contribution is 2.26. The molecule has 0 aromatic heterocycles. The van der Waals surface area contributed by atoms with Crippen LogP contribution in [0.4, 0.5) is 0 Å². The van der Waals surface area contributed by atoms with Crippen LogP contribution in [-0.2, 0) is 42.9 Å². The quantitative estimate of drug-likeness (QED) is 0.0228. The molecule has 79 heavy (non-hydrogen) atoms. The lowest BCUT2D eigenvalue weighted by Crippen LogP contribution is -2.61. The number of aliphatic hydroxyl groups excluding tert-OH is 2. The van der Waals surface area contributed by atoms with Gasteiger partial charge < -0.3 is 39.0 Å². The molecule has 0 aromatic rings. The Morgan fingerprint density at radius 2 is 0.785 bits per heavy atom. The van der Waals surface area contributed by atoms with E-state index in [0.717, 1.165) is 116 Å². The molecule has 1 aliphatic heterocycles. The van der Waals surface area contributed by atoms with Crippen LogP contribution in [0.1, 0.15) is 188 Å². The number of ether oxygens (including phenoxy) is 5. The van der Waals surface area contributed by atoms with E-state index in [1.807, 2.05) is 30.4 Å². The molecule has 3 N–H and O–H groups in total. The summed E-state index contributed by atoms with van der Waals surface area (Å²) in [6, 6.07) is 0. The molecular formula is C67H100O12. The van der Waals surface area contributed by atoms with Gasteiger partial charge in [0.2, 0.25) is 0 Å². The number of carbonyl (C=O) groups excluding carboxylic acids is 3. The number of allylic oxidation sites excluding steroid dienone is 26. The van der Waals surface area contributed by atoms with E-state index < -0.39 is 67.3 Å². The first kappa shape index (κ1) is 71.4. The monoisotopic (exact) mass is 1100 g/mol. The van der Waals surface area contributed by atoms with Gasteiger partial charge in [-0.05, 0) is 116 Å². The van der Waals surface area contributed by atoms with Crippen LogP contribution < -0.4 is 0 Å². The Morgan fingerprint density at radius 1 is 0.418 bits per heavy atom. The third-order valence-electron chi connectivity index (χ3n) is 12.1. The maximum Gasteiger partial charge on any atom is 0.335 e. The van der Waals surface area contributed by atoms with Gasteiger partial charge in [0.25, 0.3) is 0 Å². The summed E-state index contributed by atoms with van der Waals surface area (Å²) in [5, 5.41) is 31.4. The molecule has 1 saturated heterocycles. The SMILES string of the molecule is CC/C=C\C/C=C\C/C=C\C/C=C\C/C=C\C/C=C\CCC(=O)OCC(COC1OC(C(=O)O)C(O)C(O)C1OC(=O)CC/C=C\C/C=C\C/C=C\C/C=C\CC)OC(=O)CCCCCCCCC/C=C\C/C=C\C/C=C\CC. The van der Waals surface area contributed by atoms with Gasteiger partial charge >= 0.3 is 23.9 Å². The molecule has 0 aliphatic carbocycles. The Bertz CT molecular complexity index is 1980. The van der Waals surface area contributed by atoms with E-state index in [1.165, 1.54) is 0 Å². The molecule has 6 atom stereocenters. The second-order valence-electron chi connectivity index (χ2n) is 19.1. The number of carbonyl (C=O) groups is 4. The van der Waals surface area contributed by atoms with Crippen molar-refractivity contribution in [2.45, 2.75) is 225 Å². The Balaban J connectivity index is 2.79. The van der Waals surface area contributed by atoms with Crippen molar-refractivity contribution in [1.82, 2.24) is 0 Å². The number of esters is 3. The van der Waals surface area contributed by atoms with Gasteiger partial charge in [-0.25, -0.2) is 4.79 Å². The highest BCUT2D eigenvalue weighted by atomic mass is 16.7. The van der Waals surface area contributed by atoms with Gasteiger partial charge in [0.1, 0.15) is 18.8 Å². The van der Waals surface area contributed by atoms with E-state index in [2.05, 4.69) is 148 Å². The van der Waals surface area contributed by atoms with Crippen LogP contribution in [0.15, 0.2) is 158 Å². The molecule has 0 spiro atoms. The summed E-state index contributed by atoms with van der Waals surface area (Å²) in [6.07, 6.45) is 65.3. The van der Waals surface area contributed by atoms with Crippen molar-refractivity contribution in [2.75, 3.05) is 13.2 Å². The van der Waals surface area contributed by atoms with E-state index in [4.69, 9.17) is 23.7 Å². The molecule has 1 rings (SSSR count). The number of carboxylic acid groups (broad SMARTS) is 1. The van der Waals surface area contributed by atoms with Gasteiger partial charge in [0.05, 0.1) is 6.61 Å². The number of aliphatic hydroxyl groups is 2. The van der Waals surface area contributed by atoms with E-state index in [1.54, 1.807) is 0 Å². The molecule has 0 bridgehead atoms. The van der Waals surface area contributed by atoms with Crippen LogP contribution in [-0.4, -0.2) is 89.2 Å². The topological polar surface area (TPSA) is 175 Å².